The van der Waals surface area contributed by atoms with E-state index in [2.05, 4.69) is 31.5 Å². The largest absolute Gasteiger partial charge is 1.00 e. The SMILES string of the molecule is Nc1n(CCN2CCOCC2)c2ccccc2[n+]1CC(=O)c1cccc(Br)c1.[Br-]. The Balaban J connectivity index is 0.00000240. The average molecular weight is 524 g/mol. The van der Waals surface area contributed by atoms with Gasteiger partial charge in [-0.15, -0.1) is 0 Å². The molecule has 0 atom stereocenters. The second kappa shape index (κ2) is 9.84. The van der Waals surface area contributed by atoms with Crippen molar-refractivity contribution in [3.63, 3.8) is 0 Å². The Labute approximate surface area is 189 Å². The van der Waals surface area contributed by atoms with Crippen LogP contribution in [0, 0.1) is 0 Å². The first-order valence-corrected chi connectivity index (χ1v) is 10.3. The van der Waals surface area contributed by atoms with Crippen molar-refractivity contribution in [1.82, 2.24) is 9.47 Å². The van der Waals surface area contributed by atoms with Crippen molar-refractivity contribution in [2.24, 2.45) is 0 Å². The van der Waals surface area contributed by atoms with Crippen molar-refractivity contribution in [2.75, 3.05) is 38.6 Å². The molecule has 1 fully saturated rings. The molecule has 1 aromatic heterocycles. The molecule has 2 aromatic carbocycles. The molecule has 2 heterocycles. The highest BCUT2D eigenvalue weighted by molar-refractivity contribution is 9.10. The van der Waals surface area contributed by atoms with Crippen LogP contribution >= 0.6 is 15.9 Å². The lowest BCUT2D eigenvalue weighted by Gasteiger charge is -2.25. The zero-order chi connectivity index (χ0) is 19.5. The molecule has 0 bridgehead atoms. The summed E-state index contributed by atoms with van der Waals surface area (Å²) in [6, 6.07) is 15.5. The summed E-state index contributed by atoms with van der Waals surface area (Å²) in [4.78, 5) is 15.2. The number of aromatic nitrogens is 2. The average Bonchev–Trinajstić information content (AvgIpc) is 2.98. The van der Waals surface area contributed by atoms with Crippen molar-refractivity contribution in [3.8, 4) is 0 Å². The molecule has 0 saturated carbocycles. The number of Topliss-reactive ketones (excluding diaryl/α,β-unsaturated/α-hetero) is 1. The molecule has 4 rings (SSSR count). The van der Waals surface area contributed by atoms with Crippen LogP contribution < -0.4 is 27.3 Å². The summed E-state index contributed by atoms with van der Waals surface area (Å²) in [6.07, 6.45) is 0. The van der Waals surface area contributed by atoms with Gasteiger partial charge in [0.05, 0.1) is 19.8 Å². The molecule has 29 heavy (non-hydrogen) atoms. The predicted octanol–water partition coefficient (Wildman–Crippen LogP) is -0.507. The lowest BCUT2D eigenvalue weighted by molar-refractivity contribution is -0.642. The molecule has 6 nitrogen and oxygen atoms in total. The number of nitrogens with zero attached hydrogens (tertiary/aromatic N) is 3. The fourth-order valence-electron chi connectivity index (χ4n) is 3.68. The van der Waals surface area contributed by atoms with E-state index in [0.29, 0.717) is 11.5 Å². The highest BCUT2D eigenvalue weighted by atomic mass is 79.9. The van der Waals surface area contributed by atoms with Gasteiger partial charge in [0.25, 0.3) is 0 Å². The van der Waals surface area contributed by atoms with Crippen LogP contribution in [-0.2, 0) is 17.8 Å². The first kappa shape index (κ1) is 22.0. The van der Waals surface area contributed by atoms with Crippen LogP contribution in [0.4, 0.5) is 5.95 Å². The third-order valence-electron chi connectivity index (χ3n) is 5.21. The number of carbonyl (C=O) groups is 1. The Bertz CT molecular complexity index is 1000. The number of para-hydroxylation sites is 2. The van der Waals surface area contributed by atoms with Gasteiger partial charge < -0.3 is 21.7 Å². The molecule has 1 aliphatic heterocycles. The van der Waals surface area contributed by atoms with Gasteiger partial charge in [-0.3, -0.25) is 15.4 Å². The maximum absolute atomic E-state index is 12.8. The minimum absolute atomic E-state index is 0. The summed E-state index contributed by atoms with van der Waals surface area (Å²) in [5, 5.41) is 0. The molecular weight excluding hydrogens is 500 g/mol. The van der Waals surface area contributed by atoms with Crippen LogP contribution in [0.1, 0.15) is 10.4 Å². The molecule has 3 aromatic rings. The number of morpholine rings is 1. The maximum atomic E-state index is 12.8. The molecule has 1 saturated heterocycles. The van der Waals surface area contributed by atoms with Crippen LogP contribution in [-0.4, -0.2) is 48.1 Å². The van der Waals surface area contributed by atoms with Gasteiger partial charge in [-0.1, -0.05) is 40.2 Å². The van der Waals surface area contributed by atoms with E-state index in [-0.39, 0.29) is 29.3 Å². The van der Waals surface area contributed by atoms with Gasteiger partial charge in [0.2, 0.25) is 0 Å². The maximum Gasteiger partial charge on any atom is 0.356 e. The van der Waals surface area contributed by atoms with Crippen LogP contribution in [0.25, 0.3) is 11.0 Å². The Kier molecular flexibility index (Phi) is 7.45. The molecule has 1 aliphatic rings. The fourth-order valence-corrected chi connectivity index (χ4v) is 4.08. The summed E-state index contributed by atoms with van der Waals surface area (Å²) in [7, 11) is 0. The number of fused-ring (bicyclic) bond motifs is 1. The Hall–Kier alpha value is -1.74. The smallest absolute Gasteiger partial charge is 0.356 e. The molecular formula is C21H24Br2N4O2. The number of imidazole rings is 1. The molecule has 0 aliphatic carbocycles. The van der Waals surface area contributed by atoms with Gasteiger partial charge in [0, 0.05) is 29.7 Å². The number of benzene rings is 2. The van der Waals surface area contributed by atoms with E-state index in [4.69, 9.17) is 10.5 Å². The van der Waals surface area contributed by atoms with Gasteiger partial charge in [0.15, 0.2) is 5.78 Å². The standard InChI is InChI=1S/C21H23BrN4O2.BrH/c22-17-5-3-4-16(14-17)20(27)15-26-19-7-2-1-6-18(19)25(21(26)23)9-8-24-10-12-28-13-11-24;/h1-7,14,23H,8-13,15H2;1H. The lowest BCUT2D eigenvalue weighted by Crippen LogP contribution is -3.00. The lowest BCUT2D eigenvalue weighted by atomic mass is 10.1. The third kappa shape index (κ3) is 4.88. The third-order valence-corrected chi connectivity index (χ3v) is 5.70. The molecule has 0 unspecified atom stereocenters. The quantitative estimate of drug-likeness (QED) is 0.349. The number of ether oxygens (including phenoxy) is 1. The van der Waals surface area contributed by atoms with E-state index < -0.39 is 0 Å². The number of hydrogen-bond donors (Lipinski definition) is 1. The number of nitrogens with two attached hydrogens (primary N) is 1. The van der Waals surface area contributed by atoms with Crippen molar-refractivity contribution < 1.29 is 31.1 Å². The highest BCUT2D eigenvalue weighted by Gasteiger charge is 2.24. The molecule has 0 radical (unpaired) electrons. The van der Waals surface area contributed by atoms with Crippen molar-refractivity contribution in [3.05, 3.63) is 58.6 Å². The Morgan fingerprint density at radius 3 is 2.62 bits per heavy atom. The number of anilines is 1. The predicted molar refractivity (Wildman–Crippen MR) is 112 cm³/mol. The Morgan fingerprint density at radius 2 is 1.86 bits per heavy atom. The van der Waals surface area contributed by atoms with Crippen LogP contribution in [0.2, 0.25) is 0 Å². The summed E-state index contributed by atoms with van der Waals surface area (Å²) in [5.74, 6) is 0.645. The summed E-state index contributed by atoms with van der Waals surface area (Å²) in [6.45, 7) is 5.36. The summed E-state index contributed by atoms with van der Waals surface area (Å²) < 4.78 is 10.3. The monoisotopic (exact) mass is 522 g/mol. The molecule has 8 heteroatoms. The fraction of sp³-hybridized carbons (Fsp3) is 0.333. The van der Waals surface area contributed by atoms with E-state index in [1.807, 2.05) is 47.0 Å². The molecule has 0 amide bonds. The van der Waals surface area contributed by atoms with Gasteiger partial charge >= 0.3 is 5.95 Å². The topological polar surface area (TPSA) is 64.4 Å². The molecule has 2 N–H and O–H groups in total. The van der Waals surface area contributed by atoms with Gasteiger partial charge in [-0.05, 0) is 24.3 Å². The first-order valence-electron chi connectivity index (χ1n) is 9.49. The van der Waals surface area contributed by atoms with Crippen LogP contribution in [0.5, 0.6) is 0 Å². The van der Waals surface area contributed by atoms with E-state index in [1.165, 1.54) is 0 Å². The van der Waals surface area contributed by atoms with Gasteiger partial charge in [0.1, 0.15) is 17.6 Å². The van der Waals surface area contributed by atoms with Crippen molar-refractivity contribution in [2.45, 2.75) is 13.1 Å². The Morgan fingerprint density at radius 1 is 1.10 bits per heavy atom. The summed E-state index contributed by atoms with van der Waals surface area (Å²) >= 11 is 3.43. The number of rotatable bonds is 6. The number of nitrogen functional groups attached to an aromatic ring is 1. The van der Waals surface area contributed by atoms with Crippen molar-refractivity contribution in [1.29, 1.82) is 0 Å². The molecule has 154 valence electrons. The van der Waals surface area contributed by atoms with E-state index in [1.54, 1.807) is 0 Å². The number of hydrogen-bond acceptors (Lipinski definition) is 4. The number of halogens is 2. The zero-order valence-corrected chi connectivity index (χ0v) is 19.2. The van der Waals surface area contributed by atoms with E-state index in [9.17, 15) is 4.79 Å². The minimum Gasteiger partial charge on any atom is -1.00 e. The number of ketones is 1. The van der Waals surface area contributed by atoms with Gasteiger partial charge in [-0.25, -0.2) is 9.13 Å². The van der Waals surface area contributed by atoms with Crippen LogP contribution in [0.3, 0.4) is 0 Å². The highest BCUT2D eigenvalue weighted by Crippen LogP contribution is 2.18. The zero-order valence-electron chi connectivity index (χ0n) is 16.1. The van der Waals surface area contributed by atoms with E-state index >= 15 is 0 Å². The second-order valence-corrected chi connectivity index (χ2v) is 7.89. The second-order valence-electron chi connectivity index (χ2n) is 6.97. The van der Waals surface area contributed by atoms with Crippen molar-refractivity contribution >= 4 is 38.7 Å². The summed E-state index contributed by atoms with van der Waals surface area (Å²) in [5.41, 5.74) is 9.21. The van der Waals surface area contributed by atoms with Gasteiger partial charge in [-0.2, -0.15) is 0 Å². The number of carbonyl (C=O) groups excluding carboxylic acids is 1. The molecule has 0 spiro atoms. The normalized spacial score (nSPS) is 14.7. The van der Waals surface area contributed by atoms with E-state index in [0.717, 1.165) is 54.9 Å². The first-order chi connectivity index (χ1) is 13.6. The van der Waals surface area contributed by atoms with Crippen LogP contribution in [0.15, 0.2) is 53.0 Å². The minimum atomic E-state index is 0.